The van der Waals surface area contributed by atoms with Gasteiger partial charge in [0.25, 0.3) is 0 Å². The van der Waals surface area contributed by atoms with Crippen molar-refractivity contribution in [2.24, 2.45) is 11.1 Å². The Morgan fingerprint density at radius 3 is 1.62 bits per heavy atom. The van der Waals surface area contributed by atoms with Crippen LogP contribution in [0.2, 0.25) is 0 Å². The van der Waals surface area contributed by atoms with Gasteiger partial charge in [0.05, 0.1) is 6.04 Å². The molecule has 0 fully saturated rings. The molecule has 0 aliphatic heterocycles. The Hall–Kier alpha value is -0.0200. The van der Waals surface area contributed by atoms with E-state index in [1.807, 2.05) is 20.8 Å². The molecule has 3 heteroatoms. The van der Waals surface area contributed by atoms with E-state index in [-0.39, 0.29) is 20.7 Å². The quantitative estimate of drug-likeness (QED) is 0.830. The maximum atomic E-state index is 12.2. The van der Waals surface area contributed by atoms with E-state index in [0.29, 0.717) is 0 Å². The first-order chi connectivity index (χ1) is 6.77. The minimum Gasteiger partial charge on any atom is -0.320 e. The Kier molecular flexibility index (Phi) is 4.69. The fourth-order valence-corrected chi connectivity index (χ4v) is 3.45. The lowest BCUT2D eigenvalue weighted by Crippen LogP contribution is -2.52. The highest BCUT2D eigenvalue weighted by molar-refractivity contribution is 8.02. The topological polar surface area (TPSA) is 43.1 Å². The molecule has 1 unspecified atom stereocenters. The largest absolute Gasteiger partial charge is 0.320 e. The molecular weight excluding hydrogens is 218 g/mol. The first-order valence-corrected chi connectivity index (χ1v) is 6.59. The van der Waals surface area contributed by atoms with E-state index in [0.717, 1.165) is 0 Å². The van der Waals surface area contributed by atoms with Gasteiger partial charge >= 0.3 is 0 Å². The Morgan fingerprint density at radius 2 is 1.38 bits per heavy atom. The summed E-state index contributed by atoms with van der Waals surface area (Å²) in [6.07, 6.45) is 0. The van der Waals surface area contributed by atoms with Crippen LogP contribution >= 0.6 is 11.8 Å². The van der Waals surface area contributed by atoms with Gasteiger partial charge in [0.1, 0.15) is 0 Å². The molecule has 0 aliphatic rings. The van der Waals surface area contributed by atoms with Crippen molar-refractivity contribution in [3.8, 4) is 0 Å². The lowest BCUT2D eigenvalue weighted by atomic mass is 9.82. The van der Waals surface area contributed by atoms with Crippen molar-refractivity contribution < 1.29 is 4.79 Å². The molecule has 0 aromatic rings. The normalized spacial score (nSPS) is 16.1. The number of Topliss-reactive ketones (excluding diaryl/α,β-unsaturated/α-hetero) is 1. The first-order valence-electron chi connectivity index (χ1n) is 5.77. The summed E-state index contributed by atoms with van der Waals surface area (Å²) in [5, 5.41) is 0. The number of carbonyl (C=O) groups is 1. The van der Waals surface area contributed by atoms with Crippen LogP contribution in [0.1, 0.15) is 55.4 Å². The molecule has 16 heavy (non-hydrogen) atoms. The number of hydrogen-bond acceptors (Lipinski definition) is 3. The van der Waals surface area contributed by atoms with Crippen LogP contribution in [0.15, 0.2) is 0 Å². The van der Waals surface area contributed by atoms with E-state index in [9.17, 15) is 4.79 Å². The highest BCUT2D eigenvalue weighted by Crippen LogP contribution is 2.39. The van der Waals surface area contributed by atoms with Gasteiger partial charge in [-0.15, -0.1) is 11.8 Å². The summed E-state index contributed by atoms with van der Waals surface area (Å²) in [6, 6.07) is -0.420. The predicted molar refractivity (Wildman–Crippen MR) is 73.9 cm³/mol. The third-order valence-electron chi connectivity index (χ3n) is 2.34. The Bertz CT molecular complexity index is 258. The number of carbonyl (C=O) groups excluding carboxylic acids is 1. The van der Waals surface area contributed by atoms with E-state index in [1.54, 1.807) is 11.8 Å². The van der Waals surface area contributed by atoms with Crippen LogP contribution in [0.4, 0.5) is 0 Å². The summed E-state index contributed by atoms with van der Waals surface area (Å²) < 4.78 is -0.123. The summed E-state index contributed by atoms with van der Waals surface area (Å²) in [7, 11) is 0. The average molecular weight is 245 g/mol. The van der Waals surface area contributed by atoms with Crippen molar-refractivity contribution in [2.75, 3.05) is 0 Å². The molecule has 96 valence electrons. The number of hydrogen-bond donors (Lipinski definition) is 1. The molecule has 0 aromatic carbocycles. The van der Waals surface area contributed by atoms with Gasteiger partial charge < -0.3 is 5.73 Å². The van der Waals surface area contributed by atoms with Gasteiger partial charge in [-0.2, -0.15) is 0 Å². The van der Waals surface area contributed by atoms with Crippen LogP contribution < -0.4 is 5.73 Å². The minimum atomic E-state index is -0.420. The summed E-state index contributed by atoms with van der Waals surface area (Å²) >= 11 is 1.77. The van der Waals surface area contributed by atoms with E-state index < -0.39 is 6.04 Å². The Morgan fingerprint density at radius 1 is 1.00 bits per heavy atom. The zero-order chi connectivity index (χ0) is 13.4. The minimum absolute atomic E-state index is 0.110. The highest BCUT2D eigenvalue weighted by atomic mass is 32.2. The highest BCUT2D eigenvalue weighted by Gasteiger charge is 2.39. The van der Waals surface area contributed by atoms with Gasteiger partial charge in [-0.1, -0.05) is 41.5 Å². The summed E-state index contributed by atoms with van der Waals surface area (Å²) in [6.45, 7) is 16.3. The van der Waals surface area contributed by atoms with Crippen molar-refractivity contribution in [3.05, 3.63) is 0 Å². The molecule has 0 bridgehead atoms. The van der Waals surface area contributed by atoms with Crippen LogP contribution in [0.3, 0.4) is 0 Å². The second kappa shape index (κ2) is 4.69. The molecule has 0 saturated carbocycles. The SMILES string of the molecule is CC(C)(C)SC(C)(C)C(N)C(=O)C(C)(C)C. The zero-order valence-corrected chi connectivity index (χ0v) is 12.8. The van der Waals surface area contributed by atoms with Gasteiger partial charge in [-0.25, -0.2) is 0 Å². The van der Waals surface area contributed by atoms with Crippen LogP contribution in [0.25, 0.3) is 0 Å². The monoisotopic (exact) mass is 245 g/mol. The standard InChI is InChI=1S/C13H27NOS/c1-11(2,3)10(15)9(14)13(7,8)16-12(4,5)6/h9H,14H2,1-8H3. The molecule has 2 nitrogen and oxygen atoms in total. The lowest BCUT2D eigenvalue weighted by molar-refractivity contribution is -0.128. The van der Waals surface area contributed by atoms with Gasteiger partial charge in [-0.05, 0) is 13.8 Å². The molecule has 0 heterocycles. The summed E-state index contributed by atoms with van der Waals surface area (Å²) in [5.41, 5.74) is 5.75. The van der Waals surface area contributed by atoms with Crippen molar-refractivity contribution in [3.63, 3.8) is 0 Å². The third-order valence-corrected chi connectivity index (χ3v) is 3.73. The number of nitrogens with two attached hydrogens (primary N) is 1. The first kappa shape index (κ1) is 16.0. The van der Waals surface area contributed by atoms with Gasteiger partial charge in [0.15, 0.2) is 5.78 Å². The van der Waals surface area contributed by atoms with E-state index in [2.05, 4.69) is 34.6 Å². The molecule has 0 spiro atoms. The molecule has 0 amide bonds. The fourth-order valence-electron chi connectivity index (χ4n) is 1.63. The van der Waals surface area contributed by atoms with Gasteiger partial charge in [-0.3, -0.25) is 4.79 Å². The number of thioether (sulfide) groups is 1. The number of rotatable bonds is 3. The second-order valence-corrected chi connectivity index (χ2v) is 9.39. The molecule has 0 aliphatic carbocycles. The molecule has 0 radical (unpaired) electrons. The number of ketones is 1. The summed E-state index contributed by atoms with van der Waals surface area (Å²) in [4.78, 5) is 12.2. The van der Waals surface area contributed by atoms with E-state index in [4.69, 9.17) is 5.73 Å². The Labute approximate surface area is 105 Å². The molecule has 2 N–H and O–H groups in total. The Balaban J connectivity index is 4.84. The predicted octanol–water partition coefficient (Wildman–Crippen LogP) is 3.24. The van der Waals surface area contributed by atoms with Crippen LogP contribution in [-0.4, -0.2) is 21.3 Å². The molecule has 1 atom stereocenters. The zero-order valence-electron chi connectivity index (χ0n) is 12.0. The maximum Gasteiger partial charge on any atom is 0.156 e. The van der Waals surface area contributed by atoms with Gasteiger partial charge in [0, 0.05) is 14.9 Å². The molecule has 0 rings (SSSR count). The molecule has 0 aromatic heterocycles. The summed E-state index contributed by atoms with van der Waals surface area (Å²) in [5.74, 6) is 0.134. The third kappa shape index (κ3) is 4.88. The van der Waals surface area contributed by atoms with Crippen LogP contribution in [0.5, 0.6) is 0 Å². The fraction of sp³-hybridized carbons (Fsp3) is 0.923. The van der Waals surface area contributed by atoms with Crippen molar-refractivity contribution in [2.45, 2.75) is 70.9 Å². The van der Waals surface area contributed by atoms with Crippen LogP contribution in [0, 0.1) is 5.41 Å². The van der Waals surface area contributed by atoms with Crippen molar-refractivity contribution >= 4 is 17.5 Å². The van der Waals surface area contributed by atoms with E-state index >= 15 is 0 Å². The smallest absolute Gasteiger partial charge is 0.156 e. The molecule has 0 saturated heterocycles. The van der Waals surface area contributed by atoms with E-state index in [1.165, 1.54) is 0 Å². The maximum absolute atomic E-state index is 12.2. The van der Waals surface area contributed by atoms with Crippen molar-refractivity contribution in [1.29, 1.82) is 0 Å². The average Bonchev–Trinajstić information content (AvgIpc) is 1.95. The van der Waals surface area contributed by atoms with Gasteiger partial charge in [0.2, 0.25) is 0 Å². The van der Waals surface area contributed by atoms with Crippen LogP contribution in [-0.2, 0) is 4.79 Å². The lowest BCUT2D eigenvalue weighted by Gasteiger charge is -2.38. The molecular formula is C13H27NOS. The second-order valence-electron chi connectivity index (χ2n) is 6.91. The van der Waals surface area contributed by atoms with Crippen molar-refractivity contribution in [1.82, 2.24) is 0 Å².